The first kappa shape index (κ1) is 13.1. The zero-order valence-electron chi connectivity index (χ0n) is 11.2. The normalized spacial score (nSPS) is 14.6. The lowest BCUT2D eigenvalue weighted by atomic mass is 10.2. The lowest BCUT2D eigenvalue weighted by molar-refractivity contribution is 0.439. The fourth-order valence-corrected chi connectivity index (χ4v) is 2.29. The molecule has 0 spiro atoms. The molecule has 3 rings (SSSR count). The summed E-state index contributed by atoms with van der Waals surface area (Å²) in [4.78, 5) is 14.6. The number of aromatic nitrogens is 3. The van der Waals surface area contributed by atoms with E-state index in [0.717, 1.165) is 25.9 Å². The van der Waals surface area contributed by atoms with Crippen LogP contribution in [0, 0.1) is 6.92 Å². The van der Waals surface area contributed by atoms with Crippen molar-refractivity contribution in [2.45, 2.75) is 19.8 Å². The van der Waals surface area contributed by atoms with Crippen molar-refractivity contribution in [1.29, 1.82) is 0 Å². The molecule has 1 aromatic heterocycles. The maximum atomic E-state index is 5.95. The monoisotopic (exact) mass is 290 g/mol. The molecule has 1 saturated heterocycles. The number of benzene rings is 1. The molecule has 0 N–H and O–H groups in total. The third-order valence-electron chi connectivity index (χ3n) is 3.19. The molecule has 1 fully saturated rings. The fraction of sp³-hybridized carbons (Fsp3) is 0.357. The molecule has 1 aliphatic heterocycles. The van der Waals surface area contributed by atoms with Gasteiger partial charge in [-0.1, -0.05) is 17.7 Å². The van der Waals surface area contributed by atoms with E-state index in [4.69, 9.17) is 16.3 Å². The van der Waals surface area contributed by atoms with Crippen LogP contribution in [0.3, 0.4) is 0 Å². The summed E-state index contributed by atoms with van der Waals surface area (Å²) in [5, 5.41) is 0.156. The number of hydrogen-bond acceptors (Lipinski definition) is 5. The molecule has 104 valence electrons. The standard InChI is InChI=1S/C14H15ClN4O/c1-10-4-6-11(7-5-10)20-14-17-12(15)16-13(18-14)19-8-2-3-9-19/h4-7H,2-3,8-9H2,1H3. The van der Waals surface area contributed by atoms with E-state index >= 15 is 0 Å². The van der Waals surface area contributed by atoms with Gasteiger partial charge in [0.2, 0.25) is 11.2 Å². The van der Waals surface area contributed by atoms with Crippen LogP contribution in [0.2, 0.25) is 5.28 Å². The Balaban J connectivity index is 1.83. The molecular weight excluding hydrogens is 276 g/mol. The largest absolute Gasteiger partial charge is 0.424 e. The van der Waals surface area contributed by atoms with Gasteiger partial charge in [-0.3, -0.25) is 0 Å². The zero-order chi connectivity index (χ0) is 13.9. The summed E-state index contributed by atoms with van der Waals surface area (Å²) in [6.45, 7) is 3.92. The van der Waals surface area contributed by atoms with Crippen LogP contribution < -0.4 is 9.64 Å². The van der Waals surface area contributed by atoms with Crippen molar-refractivity contribution in [3.8, 4) is 11.8 Å². The van der Waals surface area contributed by atoms with Crippen molar-refractivity contribution in [2.24, 2.45) is 0 Å². The molecule has 1 aromatic carbocycles. The van der Waals surface area contributed by atoms with E-state index in [1.807, 2.05) is 31.2 Å². The highest BCUT2D eigenvalue weighted by atomic mass is 35.5. The molecule has 0 unspecified atom stereocenters. The van der Waals surface area contributed by atoms with Crippen LogP contribution in [0.4, 0.5) is 5.95 Å². The van der Waals surface area contributed by atoms with Gasteiger partial charge in [0, 0.05) is 13.1 Å². The Labute approximate surface area is 122 Å². The first-order chi connectivity index (χ1) is 9.70. The smallest absolute Gasteiger partial charge is 0.328 e. The SMILES string of the molecule is Cc1ccc(Oc2nc(Cl)nc(N3CCCC3)n2)cc1. The first-order valence-electron chi connectivity index (χ1n) is 6.62. The third-order valence-corrected chi connectivity index (χ3v) is 3.36. The van der Waals surface area contributed by atoms with Gasteiger partial charge in [-0.25, -0.2) is 0 Å². The maximum absolute atomic E-state index is 5.95. The van der Waals surface area contributed by atoms with E-state index in [1.54, 1.807) is 0 Å². The molecule has 0 aliphatic carbocycles. The molecule has 0 bridgehead atoms. The number of aryl methyl sites for hydroxylation is 1. The zero-order valence-corrected chi connectivity index (χ0v) is 12.0. The Bertz CT molecular complexity index is 597. The van der Waals surface area contributed by atoms with E-state index in [9.17, 15) is 0 Å². The fourth-order valence-electron chi connectivity index (χ4n) is 2.14. The summed E-state index contributed by atoms with van der Waals surface area (Å²) in [5.41, 5.74) is 1.17. The third kappa shape index (κ3) is 2.99. The minimum Gasteiger partial charge on any atom is -0.424 e. The van der Waals surface area contributed by atoms with Crippen molar-refractivity contribution in [3.05, 3.63) is 35.1 Å². The number of rotatable bonds is 3. The van der Waals surface area contributed by atoms with Crippen LogP contribution in [0.15, 0.2) is 24.3 Å². The lowest BCUT2D eigenvalue weighted by Gasteiger charge is -2.15. The highest BCUT2D eigenvalue weighted by Crippen LogP contribution is 2.23. The molecule has 0 amide bonds. The predicted molar refractivity (Wildman–Crippen MR) is 77.5 cm³/mol. The molecule has 2 aromatic rings. The molecule has 0 atom stereocenters. The highest BCUT2D eigenvalue weighted by molar-refractivity contribution is 6.28. The Hall–Kier alpha value is -1.88. The van der Waals surface area contributed by atoms with Crippen LogP contribution in [0.5, 0.6) is 11.8 Å². The number of nitrogens with zero attached hydrogens (tertiary/aromatic N) is 4. The van der Waals surface area contributed by atoms with Crippen molar-refractivity contribution in [2.75, 3.05) is 18.0 Å². The van der Waals surface area contributed by atoms with Crippen molar-refractivity contribution >= 4 is 17.5 Å². The van der Waals surface area contributed by atoms with E-state index in [2.05, 4.69) is 19.9 Å². The van der Waals surface area contributed by atoms with Gasteiger partial charge in [0.1, 0.15) is 5.75 Å². The number of hydrogen-bond donors (Lipinski definition) is 0. The van der Waals surface area contributed by atoms with Gasteiger partial charge < -0.3 is 9.64 Å². The molecule has 0 saturated carbocycles. The topological polar surface area (TPSA) is 51.1 Å². The Morgan fingerprint density at radius 2 is 1.75 bits per heavy atom. The average molecular weight is 291 g/mol. The summed E-state index contributed by atoms with van der Waals surface area (Å²) in [7, 11) is 0. The van der Waals surface area contributed by atoms with Gasteiger partial charge >= 0.3 is 6.01 Å². The molecule has 20 heavy (non-hydrogen) atoms. The van der Waals surface area contributed by atoms with Gasteiger partial charge in [0.25, 0.3) is 0 Å². The van der Waals surface area contributed by atoms with Crippen molar-refractivity contribution in [3.63, 3.8) is 0 Å². The van der Waals surface area contributed by atoms with Gasteiger partial charge in [-0.05, 0) is 43.5 Å². The van der Waals surface area contributed by atoms with E-state index in [1.165, 1.54) is 5.56 Å². The van der Waals surface area contributed by atoms with Crippen LogP contribution in [0.25, 0.3) is 0 Å². The highest BCUT2D eigenvalue weighted by Gasteiger charge is 2.17. The molecule has 6 heteroatoms. The second-order valence-corrected chi connectivity index (χ2v) is 5.13. The molecule has 0 radical (unpaired) electrons. The summed E-state index contributed by atoms with van der Waals surface area (Å²) < 4.78 is 5.64. The van der Waals surface area contributed by atoms with Gasteiger partial charge in [-0.15, -0.1) is 0 Å². The van der Waals surface area contributed by atoms with Crippen LogP contribution in [0.1, 0.15) is 18.4 Å². The van der Waals surface area contributed by atoms with Gasteiger partial charge in [0.05, 0.1) is 0 Å². The Morgan fingerprint density at radius 3 is 2.45 bits per heavy atom. The first-order valence-corrected chi connectivity index (χ1v) is 6.99. The Kier molecular flexibility index (Phi) is 3.69. The van der Waals surface area contributed by atoms with Gasteiger partial charge in [-0.2, -0.15) is 15.0 Å². The van der Waals surface area contributed by atoms with Crippen LogP contribution in [-0.2, 0) is 0 Å². The van der Waals surface area contributed by atoms with E-state index in [-0.39, 0.29) is 11.3 Å². The van der Waals surface area contributed by atoms with E-state index in [0.29, 0.717) is 11.7 Å². The molecule has 1 aliphatic rings. The predicted octanol–water partition coefficient (Wildman–Crippen LogP) is 3.23. The number of halogens is 1. The molecular formula is C14H15ClN4O. The average Bonchev–Trinajstić information content (AvgIpc) is 2.95. The summed E-state index contributed by atoms with van der Waals surface area (Å²) >= 11 is 5.95. The lowest BCUT2D eigenvalue weighted by Crippen LogP contribution is -2.21. The quantitative estimate of drug-likeness (QED) is 0.868. The second-order valence-electron chi connectivity index (χ2n) is 4.80. The summed E-state index contributed by atoms with van der Waals surface area (Å²) in [6, 6.07) is 7.93. The summed E-state index contributed by atoms with van der Waals surface area (Å²) in [5.74, 6) is 1.27. The number of anilines is 1. The minimum atomic E-state index is 0.156. The summed E-state index contributed by atoms with van der Waals surface area (Å²) in [6.07, 6.45) is 2.30. The Morgan fingerprint density at radius 1 is 1.05 bits per heavy atom. The maximum Gasteiger partial charge on any atom is 0.328 e. The minimum absolute atomic E-state index is 0.156. The second kappa shape index (κ2) is 5.63. The van der Waals surface area contributed by atoms with Crippen LogP contribution in [-0.4, -0.2) is 28.0 Å². The molecule has 2 heterocycles. The van der Waals surface area contributed by atoms with Crippen molar-refractivity contribution < 1.29 is 4.74 Å². The van der Waals surface area contributed by atoms with E-state index < -0.39 is 0 Å². The number of ether oxygens (including phenoxy) is 1. The van der Waals surface area contributed by atoms with Crippen LogP contribution >= 0.6 is 11.6 Å². The van der Waals surface area contributed by atoms with Crippen molar-refractivity contribution in [1.82, 2.24) is 15.0 Å². The van der Waals surface area contributed by atoms with Gasteiger partial charge in [0.15, 0.2) is 0 Å². The molecule has 5 nitrogen and oxygen atoms in total.